The number of halogens is 1. The quantitative estimate of drug-likeness (QED) is 0.627. The molecule has 1 aliphatic rings. The molecule has 3 nitrogen and oxygen atoms in total. The van der Waals surface area contributed by atoms with Crippen LogP contribution in [0.4, 0.5) is 4.39 Å². The lowest BCUT2D eigenvalue weighted by atomic mass is 9.75. The van der Waals surface area contributed by atoms with Gasteiger partial charge in [0, 0.05) is 24.2 Å². The molecule has 0 N–H and O–H groups in total. The lowest BCUT2D eigenvalue weighted by molar-refractivity contribution is 0.132. The van der Waals surface area contributed by atoms with Gasteiger partial charge in [0.15, 0.2) is 0 Å². The van der Waals surface area contributed by atoms with E-state index >= 15 is 0 Å². The zero-order valence-corrected chi connectivity index (χ0v) is 17.3. The number of pyridine rings is 1. The molecule has 0 bridgehead atoms. The minimum absolute atomic E-state index is 0.0434. The van der Waals surface area contributed by atoms with Gasteiger partial charge in [-0.1, -0.05) is 51.8 Å². The molecule has 2 aromatic rings. The molecule has 0 aliphatic heterocycles. The standard InChI is InChI=1S/C21H26FNO2.C2H6/c1-4-15-7-8-16(17-12-20(25-3)23-13-19(17)22)18(11-15)21(14-24-2)9-5-6-10-21;1-2/h7-8,11-13H,4-6,9-10,14H2,1-3H3;1-2H3. The zero-order chi connectivity index (χ0) is 19.9. The van der Waals surface area contributed by atoms with Gasteiger partial charge in [-0.2, -0.15) is 0 Å². The lowest BCUT2D eigenvalue weighted by Crippen LogP contribution is -2.29. The molecular formula is C23H32FNO2. The van der Waals surface area contributed by atoms with Crippen LogP contribution in [0.2, 0.25) is 0 Å². The van der Waals surface area contributed by atoms with Crippen molar-refractivity contribution in [3.05, 3.63) is 47.4 Å². The van der Waals surface area contributed by atoms with Crippen LogP contribution in [-0.2, 0) is 16.6 Å². The van der Waals surface area contributed by atoms with E-state index in [2.05, 4.69) is 24.0 Å². The topological polar surface area (TPSA) is 31.4 Å². The van der Waals surface area contributed by atoms with E-state index in [-0.39, 0.29) is 11.2 Å². The predicted octanol–water partition coefficient (Wildman–Crippen LogP) is 5.94. The third-order valence-electron chi connectivity index (χ3n) is 5.37. The smallest absolute Gasteiger partial charge is 0.213 e. The second-order valence-corrected chi connectivity index (χ2v) is 6.86. The first-order chi connectivity index (χ1) is 13.1. The van der Waals surface area contributed by atoms with E-state index < -0.39 is 0 Å². The molecule has 0 atom stereocenters. The number of benzene rings is 1. The van der Waals surface area contributed by atoms with E-state index in [1.54, 1.807) is 20.3 Å². The van der Waals surface area contributed by atoms with Crippen molar-refractivity contribution in [2.75, 3.05) is 20.8 Å². The number of aromatic nitrogens is 1. The Morgan fingerprint density at radius 2 is 1.78 bits per heavy atom. The van der Waals surface area contributed by atoms with Crippen LogP contribution in [0.3, 0.4) is 0 Å². The number of methoxy groups -OCH3 is 2. The summed E-state index contributed by atoms with van der Waals surface area (Å²) in [5, 5.41) is 0. The maximum Gasteiger partial charge on any atom is 0.213 e. The summed E-state index contributed by atoms with van der Waals surface area (Å²) in [6.07, 6.45) is 6.71. The van der Waals surface area contributed by atoms with Crippen LogP contribution in [0.25, 0.3) is 11.1 Å². The Bertz CT molecular complexity index is 739. The minimum Gasteiger partial charge on any atom is -0.481 e. The number of nitrogens with zero attached hydrogens (tertiary/aromatic N) is 1. The first-order valence-electron chi connectivity index (χ1n) is 9.96. The fourth-order valence-corrected chi connectivity index (χ4v) is 4.04. The Labute approximate surface area is 162 Å². The second kappa shape index (κ2) is 9.84. The summed E-state index contributed by atoms with van der Waals surface area (Å²) in [5.74, 6) is 0.103. The molecule has 0 amide bonds. The number of aryl methyl sites for hydroxylation is 1. The highest BCUT2D eigenvalue weighted by molar-refractivity contribution is 5.71. The predicted molar refractivity (Wildman–Crippen MR) is 109 cm³/mol. The van der Waals surface area contributed by atoms with Gasteiger partial charge < -0.3 is 9.47 Å². The van der Waals surface area contributed by atoms with Crippen LogP contribution in [0, 0.1) is 5.82 Å². The molecule has 1 aromatic heterocycles. The summed E-state index contributed by atoms with van der Waals surface area (Å²) in [4.78, 5) is 3.98. The van der Waals surface area contributed by atoms with E-state index in [0.29, 0.717) is 18.1 Å². The summed E-state index contributed by atoms with van der Waals surface area (Å²) in [6, 6.07) is 8.06. The monoisotopic (exact) mass is 373 g/mol. The molecule has 0 spiro atoms. The Kier molecular flexibility index (Phi) is 7.78. The van der Waals surface area contributed by atoms with Gasteiger partial charge in [0.2, 0.25) is 5.88 Å². The summed E-state index contributed by atoms with van der Waals surface area (Å²) < 4.78 is 25.4. The van der Waals surface area contributed by atoms with Gasteiger partial charge in [-0.15, -0.1) is 0 Å². The van der Waals surface area contributed by atoms with Crippen LogP contribution >= 0.6 is 0 Å². The first-order valence-corrected chi connectivity index (χ1v) is 9.96. The largest absolute Gasteiger partial charge is 0.481 e. The Morgan fingerprint density at radius 1 is 1.07 bits per heavy atom. The van der Waals surface area contributed by atoms with Gasteiger partial charge in [0.1, 0.15) is 5.82 Å². The first kappa shape index (κ1) is 21.4. The van der Waals surface area contributed by atoms with Gasteiger partial charge in [0.25, 0.3) is 0 Å². The van der Waals surface area contributed by atoms with E-state index in [9.17, 15) is 4.39 Å². The molecule has 148 valence electrons. The molecule has 3 rings (SSSR count). The SMILES string of the molecule is CC.CCc1ccc(-c2cc(OC)ncc2F)c(C2(COC)CCCC2)c1. The van der Waals surface area contributed by atoms with Crippen molar-refractivity contribution in [2.24, 2.45) is 0 Å². The maximum atomic E-state index is 14.6. The fourth-order valence-electron chi connectivity index (χ4n) is 4.04. The zero-order valence-electron chi connectivity index (χ0n) is 17.3. The molecule has 1 saturated carbocycles. The van der Waals surface area contributed by atoms with Crippen LogP contribution in [-0.4, -0.2) is 25.8 Å². The summed E-state index contributed by atoms with van der Waals surface area (Å²) in [5.41, 5.74) is 3.89. The average molecular weight is 374 g/mol. The molecule has 4 heteroatoms. The van der Waals surface area contributed by atoms with Crippen molar-refractivity contribution in [3.63, 3.8) is 0 Å². The number of hydrogen-bond donors (Lipinski definition) is 0. The highest BCUT2D eigenvalue weighted by Crippen LogP contribution is 2.46. The van der Waals surface area contributed by atoms with Gasteiger partial charge in [0.05, 0.1) is 19.9 Å². The third kappa shape index (κ3) is 4.49. The molecule has 1 aromatic carbocycles. The van der Waals surface area contributed by atoms with Gasteiger partial charge in [-0.3, -0.25) is 0 Å². The van der Waals surface area contributed by atoms with Crippen LogP contribution in [0.1, 0.15) is 57.6 Å². The van der Waals surface area contributed by atoms with Crippen molar-refractivity contribution in [1.29, 1.82) is 0 Å². The minimum atomic E-state index is -0.322. The van der Waals surface area contributed by atoms with Crippen molar-refractivity contribution in [3.8, 4) is 17.0 Å². The molecule has 27 heavy (non-hydrogen) atoms. The van der Waals surface area contributed by atoms with Crippen LogP contribution < -0.4 is 4.74 Å². The van der Waals surface area contributed by atoms with Gasteiger partial charge >= 0.3 is 0 Å². The summed E-state index contributed by atoms with van der Waals surface area (Å²) in [6.45, 7) is 6.81. The average Bonchev–Trinajstić information content (AvgIpc) is 3.19. The van der Waals surface area contributed by atoms with Crippen molar-refractivity contribution >= 4 is 0 Å². The molecular weight excluding hydrogens is 341 g/mol. The maximum absolute atomic E-state index is 14.6. The highest BCUT2D eigenvalue weighted by atomic mass is 19.1. The normalized spacial score (nSPS) is 15.2. The fraction of sp³-hybridized carbons (Fsp3) is 0.522. The molecule has 1 heterocycles. The van der Waals surface area contributed by atoms with Gasteiger partial charge in [-0.25, -0.2) is 9.37 Å². The summed E-state index contributed by atoms with van der Waals surface area (Å²) >= 11 is 0. The van der Waals surface area contributed by atoms with E-state index in [4.69, 9.17) is 9.47 Å². The van der Waals surface area contributed by atoms with Gasteiger partial charge in [-0.05, 0) is 36.0 Å². The molecule has 0 radical (unpaired) electrons. The summed E-state index contributed by atoms with van der Waals surface area (Å²) in [7, 11) is 3.30. The van der Waals surface area contributed by atoms with Crippen LogP contribution in [0.5, 0.6) is 5.88 Å². The van der Waals surface area contributed by atoms with E-state index in [1.807, 2.05) is 19.9 Å². The number of ether oxygens (including phenoxy) is 2. The van der Waals surface area contributed by atoms with E-state index in [1.165, 1.54) is 30.2 Å². The van der Waals surface area contributed by atoms with Crippen molar-refractivity contribution in [1.82, 2.24) is 4.98 Å². The highest BCUT2D eigenvalue weighted by Gasteiger charge is 2.38. The Hall–Kier alpha value is -1.94. The molecule has 0 unspecified atom stereocenters. The van der Waals surface area contributed by atoms with Crippen molar-refractivity contribution < 1.29 is 13.9 Å². The van der Waals surface area contributed by atoms with Crippen LogP contribution in [0.15, 0.2) is 30.5 Å². The molecule has 1 fully saturated rings. The molecule has 0 saturated heterocycles. The van der Waals surface area contributed by atoms with E-state index in [0.717, 1.165) is 24.8 Å². The number of hydrogen-bond acceptors (Lipinski definition) is 3. The third-order valence-corrected chi connectivity index (χ3v) is 5.37. The second-order valence-electron chi connectivity index (χ2n) is 6.86. The Morgan fingerprint density at radius 3 is 2.37 bits per heavy atom. The number of rotatable bonds is 6. The Balaban J connectivity index is 0.00000126. The molecule has 1 aliphatic carbocycles. The lowest BCUT2D eigenvalue weighted by Gasteiger charge is -2.32. The van der Waals surface area contributed by atoms with Crippen molar-refractivity contribution in [2.45, 2.75) is 58.3 Å².